The first-order valence-electron chi connectivity index (χ1n) is 4.26. The van der Waals surface area contributed by atoms with Crippen LogP contribution in [0.1, 0.15) is 22.8 Å². The predicted octanol–water partition coefficient (Wildman–Crippen LogP) is 0.811. The van der Waals surface area contributed by atoms with Gasteiger partial charge < -0.3 is 15.6 Å². The van der Waals surface area contributed by atoms with Crippen LogP contribution in [0.5, 0.6) is 5.75 Å². The molecule has 14 heavy (non-hydrogen) atoms. The van der Waals surface area contributed by atoms with E-state index in [1.807, 2.05) is 6.92 Å². The second-order valence-electron chi connectivity index (χ2n) is 3.08. The lowest BCUT2D eigenvalue weighted by atomic mass is 10.1. The third kappa shape index (κ3) is 2.47. The molecule has 0 aromatic heterocycles. The molecule has 1 rings (SSSR count). The molecule has 1 unspecified atom stereocenters. The van der Waals surface area contributed by atoms with Gasteiger partial charge in [0.15, 0.2) is 6.29 Å². The zero-order valence-electron chi connectivity index (χ0n) is 8.15. The molecule has 0 bridgehead atoms. The number of hydrogen-bond donors (Lipinski definition) is 2. The molecule has 1 amide bonds. The Morgan fingerprint density at radius 2 is 2.21 bits per heavy atom. The normalized spacial score (nSPS) is 12.2. The highest BCUT2D eigenvalue weighted by molar-refractivity contribution is 5.95. The maximum absolute atomic E-state index is 11.0. The van der Waals surface area contributed by atoms with Crippen LogP contribution in [-0.2, 0) is 0 Å². The van der Waals surface area contributed by atoms with E-state index in [1.165, 1.54) is 6.92 Å². The van der Waals surface area contributed by atoms with E-state index in [0.29, 0.717) is 5.75 Å². The summed E-state index contributed by atoms with van der Waals surface area (Å²) in [4.78, 5) is 11.0. The van der Waals surface area contributed by atoms with Gasteiger partial charge in [0, 0.05) is 0 Å². The molecule has 0 aliphatic rings. The highest BCUT2D eigenvalue weighted by atomic mass is 16.6. The monoisotopic (exact) mass is 195 g/mol. The first-order chi connectivity index (χ1) is 6.50. The van der Waals surface area contributed by atoms with Crippen molar-refractivity contribution in [1.29, 1.82) is 0 Å². The Labute approximate surface area is 82.3 Å². The highest BCUT2D eigenvalue weighted by Gasteiger charge is 2.10. The van der Waals surface area contributed by atoms with Crippen molar-refractivity contribution in [2.75, 3.05) is 0 Å². The van der Waals surface area contributed by atoms with Crippen LogP contribution >= 0.6 is 0 Å². The third-order valence-corrected chi connectivity index (χ3v) is 1.70. The van der Waals surface area contributed by atoms with Crippen LogP contribution in [0, 0.1) is 6.92 Å². The molecule has 3 N–H and O–H groups in total. The number of benzene rings is 1. The lowest BCUT2D eigenvalue weighted by molar-refractivity contribution is -0.000779. The van der Waals surface area contributed by atoms with E-state index >= 15 is 0 Å². The average molecular weight is 195 g/mol. The van der Waals surface area contributed by atoms with Gasteiger partial charge in [-0.05, 0) is 31.5 Å². The van der Waals surface area contributed by atoms with Gasteiger partial charge in [0.05, 0.1) is 5.56 Å². The fraction of sp³-hybridized carbons (Fsp3) is 0.300. The number of amides is 1. The van der Waals surface area contributed by atoms with Gasteiger partial charge in [0.25, 0.3) is 5.91 Å². The number of rotatable bonds is 3. The van der Waals surface area contributed by atoms with Gasteiger partial charge in [-0.15, -0.1) is 0 Å². The van der Waals surface area contributed by atoms with Crippen molar-refractivity contribution < 1.29 is 14.6 Å². The molecular weight excluding hydrogens is 182 g/mol. The van der Waals surface area contributed by atoms with E-state index in [4.69, 9.17) is 15.6 Å². The van der Waals surface area contributed by atoms with Crippen molar-refractivity contribution in [2.45, 2.75) is 20.1 Å². The molecule has 0 heterocycles. The zero-order chi connectivity index (χ0) is 10.7. The van der Waals surface area contributed by atoms with Crippen molar-refractivity contribution in [3.8, 4) is 5.75 Å². The molecular formula is C10H13NO3. The van der Waals surface area contributed by atoms with Crippen LogP contribution in [0.15, 0.2) is 18.2 Å². The van der Waals surface area contributed by atoms with Gasteiger partial charge >= 0.3 is 0 Å². The van der Waals surface area contributed by atoms with Crippen LogP contribution in [-0.4, -0.2) is 17.3 Å². The number of carbonyl (C=O) groups excluding carboxylic acids is 1. The number of ether oxygens (including phenoxy) is 1. The number of aliphatic hydroxyl groups excluding tert-OH is 1. The molecule has 1 atom stereocenters. The predicted molar refractivity (Wildman–Crippen MR) is 52.0 cm³/mol. The van der Waals surface area contributed by atoms with E-state index in [0.717, 1.165) is 5.56 Å². The fourth-order valence-electron chi connectivity index (χ4n) is 1.11. The van der Waals surface area contributed by atoms with Crippen LogP contribution in [0.4, 0.5) is 0 Å². The van der Waals surface area contributed by atoms with E-state index in [2.05, 4.69) is 0 Å². The largest absolute Gasteiger partial charge is 0.465 e. The zero-order valence-corrected chi connectivity index (χ0v) is 8.15. The quantitative estimate of drug-likeness (QED) is 0.701. The second kappa shape index (κ2) is 4.11. The smallest absolute Gasteiger partial charge is 0.252 e. The molecule has 0 aliphatic heterocycles. The molecule has 0 spiro atoms. The summed E-state index contributed by atoms with van der Waals surface area (Å²) in [6, 6.07) is 5.00. The lowest BCUT2D eigenvalue weighted by Crippen LogP contribution is -2.16. The van der Waals surface area contributed by atoms with Gasteiger partial charge in [-0.3, -0.25) is 4.79 Å². The second-order valence-corrected chi connectivity index (χ2v) is 3.08. The Morgan fingerprint density at radius 3 is 2.71 bits per heavy atom. The summed E-state index contributed by atoms with van der Waals surface area (Å²) >= 11 is 0. The highest BCUT2D eigenvalue weighted by Crippen LogP contribution is 2.20. The SMILES string of the molecule is Cc1ccc(C(N)=O)c(OC(C)O)c1. The molecule has 1 aromatic rings. The topological polar surface area (TPSA) is 72.6 Å². The Balaban J connectivity index is 3.09. The van der Waals surface area contributed by atoms with Gasteiger partial charge in [-0.25, -0.2) is 0 Å². The molecule has 4 heteroatoms. The number of nitrogens with two attached hydrogens (primary N) is 1. The minimum atomic E-state index is -0.963. The van der Waals surface area contributed by atoms with Crippen LogP contribution in [0.25, 0.3) is 0 Å². The molecule has 0 saturated heterocycles. The average Bonchev–Trinajstić information content (AvgIpc) is 2.01. The standard InChI is InChI=1S/C10H13NO3/c1-6-3-4-8(10(11)13)9(5-6)14-7(2)12/h3-5,7,12H,1-2H3,(H2,11,13). The van der Waals surface area contributed by atoms with E-state index in [-0.39, 0.29) is 5.56 Å². The summed E-state index contributed by atoms with van der Waals surface area (Å²) in [5.74, 6) is -0.256. The van der Waals surface area contributed by atoms with Gasteiger partial charge in [0.1, 0.15) is 5.75 Å². The molecule has 0 aliphatic carbocycles. The number of primary amides is 1. The van der Waals surface area contributed by atoms with Crippen LogP contribution in [0.2, 0.25) is 0 Å². The van der Waals surface area contributed by atoms with E-state index in [1.54, 1.807) is 18.2 Å². The van der Waals surface area contributed by atoms with Crippen molar-refractivity contribution in [3.63, 3.8) is 0 Å². The maximum atomic E-state index is 11.0. The summed E-state index contributed by atoms with van der Waals surface area (Å²) < 4.78 is 5.04. The Morgan fingerprint density at radius 1 is 1.57 bits per heavy atom. The minimum absolute atomic E-state index is 0.275. The van der Waals surface area contributed by atoms with E-state index in [9.17, 15) is 4.79 Å². The number of carbonyl (C=O) groups is 1. The van der Waals surface area contributed by atoms with Crippen molar-refractivity contribution in [2.24, 2.45) is 5.73 Å². The molecule has 1 aromatic carbocycles. The van der Waals surface area contributed by atoms with Gasteiger partial charge in [-0.1, -0.05) is 6.07 Å². The minimum Gasteiger partial charge on any atom is -0.465 e. The summed E-state index contributed by atoms with van der Waals surface area (Å²) in [5.41, 5.74) is 6.35. The lowest BCUT2D eigenvalue weighted by Gasteiger charge is -2.12. The molecule has 4 nitrogen and oxygen atoms in total. The summed E-state index contributed by atoms with van der Waals surface area (Å²) in [6.45, 7) is 3.33. The molecule has 76 valence electrons. The number of aliphatic hydroxyl groups is 1. The first-order valence-corrected chi connectivity index (χ1v) is 4.26. The summed E-state index contributed by atoms with van der Waals surface area (Å²) in [7, 11) is 0. The fourth-order valence-corrected chi connectivity index (χ4v) is 1.11. The van der Waals surface area contributed by atoms with Crippen molar-refractivity contribution in [3.05, 3.63) is 29.3 Å². The Bertz CT molecular complexity index is 347. The number of hydrogen-bond acceptors (Lipinski definition) is 3. The molecule has 0 saturated carbocycles. The third-order valence-electron chi connectivity index (χ3n) is 1.70. The summed E-state index contributed by atoms with van der Waals surface area (Å²) in [5, 5.41) is 9.03. The first kappa shape index (κ1) is 10.5. The van der Waals surface area contributed by atoms with Crippen molar-refractivity contribution in [1.82, 2.24) is 0 Å². The van der Waals surface area contributed by atoms with Crippen LogP contribution in [0.3, 0.4) is 0 Å². The van der Waals surface area contributed by atoms with Crippen molar-refractivity contribution >= 4 is 5.91 Å². The van der Waals surface area contributed by atoms with E-state index < -0.39 is 12.2 Å². The van der Waals surface area contributed by atoms with Gasteiger partial charge in [0.2, 0.25) is 0 Å². The Kier molecular flexibility index (Phi) is 3.09. The Hall–Kier alpha value is -1.55. The number of aryl methyl sites for hydroxylation is 1. The molecule has 0 fully saturated rings. The summed E-state index contributed by atoms with van der Waals surface area (Å²) in [6.07, 6.45) is -0.963. The van der Waals surface area contributed by atoms with Gasteiger partial charge in [-0.2, -0.15) is 0 Å². The van der Waals surface area contributed by atoms with Crippen LogP contribution < -0.4 is 10.5 Å². The maximum Gasteiger partial charge on any atom is 0.252 e. The molecule has 0 radical (unpaired) electrons.